The topological polar surface area (TPSA) is 100 Å². The Hall–Kier alpha value is -3.56. The number of pyridine rings is 1. The second-order valence-corrected chi connectivity index (χ2v) is 9.21. The van der Waals surface area contributed by atoms with Gasteiger partial charge in [0.15, 0.2) is 0 Å². The molecule has 0 aliphatic heterocycles. The highest BCUT2D eigenvalue weighted by Crippen LogP contribution is 2.36. The van der Waals surface area contributed by atoms with Crippen molar-refractivity contribution in [3.8, 4) is 0 Å². The predicted octanol–water partition coefficient (Wildman–Crippen LogP) is 4.87. The second kappa shape index (κ2) is 9.74. The molecule has 2 N–H and O–H groups in total. The molecule has 0 aliphatic carbocycles. The molecule has 1 unspecified atom stereocenters. The average molecular weight is 478 g/mol. The molecule has 9 heteroatoms. The lowest BCUT2D eigenvalue weighted by Gasteiger charge is -2.25. The van der Waals surface area contributed by atoms with Crippen molar-refractivity contribution in [1.82, 2.24) is 20.1 Å². The van der Waals surface area contributed by atoms with Crippen molar-refractivity contribution < 1.29 is 14.3 Å². The quantitative estimate of drug-likeness (QED) is 0.369. The van der Waals surface area contributed by atoms with Gasteiger partial charge in [0.2, 0.25) is 0 Å². The van der Waals surface area contributed by atoms with E-state index in [1.165, 1.54) is 24.0 Å². The van der Waals surface area contributed by atoms with Crippen molar-refractivity contribution in [2.45, 2.75) is 33.4 Å². The van der Waals surface area contributed by atoms with Crippen LogP contribution in [0.5, 0.6) is 0 Å². The average Bonchev–Trinajstić information content (AvgIpc) is 3.37. The van der Waals surface area contributed by atoms with Gasteiger partial charge in [0, 0.05) is 34.8 Å². The Balaban J connectivity index is 1.63. The smallest absolute Gasteiger partial charge is 0.350 e. The normalized spacial score (nSPS) is 12.2. The number of aryl methyl sites for hydroxylation is 2. The van der Waals surface area contributed by atoms with Crippen LogP contribution in [0.4, 0.5) is 5.69 Å². The molecule has 1 amide bonds. The molecular weight excluding hydrogens is 450 g/mol. The van der Waals surface area contributed by atoms with Gasteiger partial charge in [-0.15, -0.1) is 11.3 Å². The number of benzene rings is 1. The molecule has 0 spiro atoms. The number of ether oxygens (including phenoxy) is 1. The summed E-state index contributed by atoms with van der Waals surface area (Å²) >= 11 is 1.21. The van der Waals surface area contributed by atoms with E-state index in [0.717, 1.165) is 17.1 Å². The van der Waals surface area contributed by atoms with Gasteiger partial charge in [-0.05, 0) is 52.1 Å². The van der Waals surface area contributed by atoms with E-state index >= 15 is 0 Å². The molecule has 4 aromatic rings. The molecule has 1 atom stereocenters. The van der Waals surface area contributed by atoms with Crippen LogP contribution in [-0.2, 0) is 11.3 Å². The first kappa shape index (κ1) is 23.6. The maximum absolute atomic E-state index is 12.8. The number of carbonyl (C=O) groups is 2. The summed E-state index contributed by atoms with van der Waals surface area (Å²) in [6, 6.07) is 12.8. The van der Waals surface area contributed by atoms with Crippen molar-refractivity contribution in [1.29, 1.82) is 0 Å². The standard InChI is InChI=1S/C25H27N5O3S/c1-14-20(15(2)29-28-14)16(3)30(4)13-18-11-12-19-21(22(25(32)33-5)34-24(19)26-18)27-23(31)17-9-7-6-8-10-17/h6-12,16H,13H2,1-5H3,(H,27,31)(H,28,29). The first-order valence-electron chi connectivity index (χ1n) is 10.9. The molecule has 8 nitrogen and oxygen atoms in total. The van der Waals surface area contributed by atoms with E-state index in [2.05, 4.69) is 27.3 Å². The Morgan fingerprint density at radius 2 is 1.91 bits per heavy atom. The van der Waals surface area contributed by atoms with Crippen molar-refractivity contribution in [2.24, 2.45) is 0 Å². The molecule has 176 valence electrons. The maximum Gasteiger partial charge on any atom is 0.350 e. The van der Waals surface area contributed by atoms with Crippen LogP contribution >= 0.6 is 11.3 Å². The molecular formula is C25H27N5O3S. The van der Waals surface area contributed by atoms with E-state index in [9.17, 15) is 9.59 Å². The minimum absolute atomic E-state index is 0.144. The van der Waals surface area contributed by atoms with E-state index in [0.29, 0.717) is 32.9 Å². The molecule has 34 heavy (non-hydrogen) atoms. The third kappa shape index (κ3) is 4.57. The number of hydrogen-bond acceptors (Lipinski definition) is 7. The van der Waals surface area contributed by atoms with Crippen LogP contribution in [0.1, 0.15) is 55.6 Å². The van der Waals surface area contributed by atoms with Crippen molar-refractivity contribution in [2.75, 3.05) is 19.5 Å². The monoisotopic (exact) mass is 477 g/mol. The van der Waals surface area contributed by atoms with Crippen LogP contribution in [0.15, 0.2) is 42.5 Å². The number of hydrogen-bond donors (Lipinski definition) is 2. The summed E-state index contributed by atoms with van der Waals surface area (Å²) < 4.78 is 4.96. The zero-order chi connectivity index (χ0) is 24.4. The first-order chi connectivity index (χ1) is 16.3. The molecule has 0 radical (unpaired) electrons. The Morgan fingerprint density at radius 3 is 2.56 bits per heavy atom. The fraction of sp³-hybridized carbons (Fsp3) is 0.280. The molecule has 0 fully saturated rings. The SMILES string of the molecule is COC(=O)c1sc2nc(CN(C)C(C)c3c(C)n[nH]c3C)ccc2c1NC(=O)c1ccccc1. The number of fused-ring (bicyclic) bond motifs is 1. The predicted molar refractivity (Wildman–Crippen MR) is 133 cm³/mol. The van der Waals surface area contributed by atoms with Gasteiger partial charge in [0.25, 0.3) is 5.91 Å². The number of nitrogens with one attached hydrogen (secondary N) is 2. The third-order valence-corrected chi connectivity index (χ3v) is 7.01. The first-order valence-corrected chi connectivity index (χ1v) is 11.7. The minimum atomic E-state index is -0.510. The largest absolute Gasteiger partial charge is 0.465 e. The highest BCUT2D eigenvalue weighted by atomic mass is 32.1. The summed E-state index contributed by atoms with van der Waals surface area (Å²) in [5, 5.41) is 10.9. The lowest BCUT2D eigenvalue weighted by Crippen LogP contribution is -2.23. The molecule has 3 aromatic heterocycles. The number of H-pyrrole nitrogens is 1. The van der Waals surface area contributed by atoms with E-state index < -0.39 is 5.97 Å². The number of aromatic nitrogens is 3. The van der Waals surface area contributed by atoms with E-state index in [1.807, 2.05) is 39.1 Å². The van der Waals surface area contributed by atoms with E-state index in [4.69, 9.17) is 9.72 Å². The van der Waals surface area contributed by atoms with Gasteiger partial charge >= 0.3 is 5.97 Å². The van der Waals surface area contributed by atoms with E-state index in [-0.39, 0.29) is 11.9 Å². The van der Waals surface area contributed by atoms with Gasteiger partial charge in [-0.3, -0.25) is 14.8 Å². The number of carbonyl (C=O) groups excluding carboxylic acids is 2. The van der Waals surface area contributed by atoms with Crippen molar-refractivity contribution in [3.63, 3.8) is 0 Å². The van der Waals surface area contributed by atoms with Crippen molar-refractivity contribution >= 4 is 39.1 Å². The highest BCUT2D eigenvalue weighted by molar-refractivity contribution is 7.21. The number of amides is 1. The molecule has 4 rings (SSSR count). The zero-order valence-electron chi connectivity index (χ0n) is 19.8. The van der Waals surface area contributed by atoms with E-state index in [1.54, 1.807) is 24.3 Å². The van der Waals surface area contributed by atoms with Gasteiger partial charge < -0.3 is 10.1 Å². The Bertz CT molecular complexity index is 1330. The zero-order valence-corrected chi connectivity index (χ0v) is 20.6. The summed E-state index contributed by atoms with van der Waals surface area (Å²) in [5.41, 5.74) is 5.01. The molecule has 0 bridgehead atoms. The molecule has 1 aromatic carbocycles. The number of rotatable bonds is 7. The maximum atomic E-state index is 12.8. The summed E-state index contributed by atoms with van der Waals surface area (Å²) in [4.78, 5) is 33.2. The molecule has 0 aliphatic rings. The molecule has 3 heterocycles. The molecule has 0 saturated carbocycles. The van der Waals surface area contributed by atoms with Gasteiger partial charge in [-0.2, -0.15) is 5.10 Å². The minimum Gasteiger partial charge on any atom is -0.465 e. The van der Waals surface area contributed by atoms with Crippen LogP contribution in [0.25, 0.3) is 10.2 Å². The number of methoxy groups -OCH3 is 1. The fourth-order valence-electron chi connectivity index (χ4n) is 4.03. The number of anilines is 1. The summed E-state index contributed by atoms with van der Waals surface area (Å²) in [6.45, 7) is 6.77. The molecule has 0 saturated heterocycles. The number of aromatic amines is 1. The number of thiophene rings is 1. The van der Waals surface area contributed by atoms with Crippen molar-refractivity contribution in [3.05, 3.63) is 75.6 Å². The summed E-state index contributed by atoms with van der Waals surface area (Å²) in [7, 11) is 3.37. The third-order valence-electron chi connectivity index (χ3n) is 5.93. The van der Waals surface area contributed by atoms with Crippen LogP contribution in [0.2, 0.25) is 0 Å². The fourth-order valence-corrected chi connectivity index (χ4v) is 5.09. The van der Waals surface area contributed by atoms with Gasteiger partial charge in [0.1, 0.15) is 9.71 Å². The number of esters is 1. The van der Waals surface area contributed by atoms with Gasteiger partial charge in [0.05, 0.1) is 24.2 Å². The second-order valence-electron chi connectivity index (χ2n) is 8.21. The lowest BCUT2D eigenvalue weighted by atomic mass is 10.1. The Labute approximate surface area is 202 Å². The van der Waals surface area contributed by atoms with Crippen LogP contribution in [-0.4, -0.2) is 46.1 Å². The van der Waals surface area contributed by atoms with Gasteiger partial charge in [-0.25, -0.2) is 9.78 Å². The summed E-state index contributed by atoms with van der Waals surface area (Å²) in [5.74, 6) is -0.807. The number of nitrogens with zero attached hydrogens (tertiary/aromatic N) is 3. The van der Waals surface area contributed by atoms with Crippen LogP contribution < -0.4 is 5.32 Å². The van der Waals surface area contributed by atoms with Crippen LogP contribution in [0.3, 0.4) is 0 Å². The Kier molecular flexibility index (Phi) is 6.76. The van der Waals surface area contributed by atoms with Crippen LogP contribution in [0, 0.1) is 13.8 Å². The van der Waals surface area contributed by atoms with Gasteiger partial charge in [-0.1, -0.05) is 18.2 Å². The summed E-state index contributed by atoms with van der Waals surface area (Å²) in [6.07, 6.45) is 0. The Morgan fingerprint density at radius 1 is 1.18 bits per heavy atom. The highest BCUT2D eigenvalue weighted by Gasteiger charge is 2.23. The lowest BCUT2D eigenvalue weighted by molar-refractivity contribution is 0.0607.